The number of anilines is 3. The standard InChI is InChI=1S/C37H34N4O6S/c1-23-17-25(9-5-4-6-16-42)14-15-33(23)41-37(44)26-10-7-13-29(19-26)48(45,46)30-18-24(2)34-31(21-30)35(32(22-39-34)36(38)43)40-27-11-8-12-28(20-27)47-3/h7-8,10-15,17-22,42H,4,6,16H2,1-3H3,(H2,38,43)(H,39,40)(H,41,44). The Morgan fingerprint density at radius 1 is 0.958 bits per heavy atom. The highest BCUT2D eigenvalue weighted by molar-refractivity contribution is 7.91. The van der Waals surface area contributed by atoms with Crippen molar-refractivity contribution in [1.29, 1.82) is 0 Å². The van der Waals surface area contributed by atoms with Crippen molar-refractivity contribution in [3.05, 3.63) is 113 Å². The Bertz CT molecular complexity index is 2220. The summed E-state index contributed by atoms with van der Waals surface area (Å²) >= 11 is 0. The second-order valence-electron chi connectivity index (χ2n) is 11.0. The number of aromatic nitrogens is 1. The molecule has 1 aromatic heterocycles. The fourth-order valence-electron chi connectivity index (χ4n) is 5.12. The predicted octanol–water partition coefficient (Wildman–Crippen LogP) is 5.91. The van der Waals surface area contributed by atoms with E-state index in [0.717, 1.165) is 11.1 Å². The molecular formula is C37H34N4O6S. The number of aliphatic hydroxyl groups is 1. The number of nitrogens with one attached hydrogen (secondary N) is 2. The molecule has 0 radical (unpaired) electrons. The van der Waals surface area contributed by atoms with Gasteiger partial charge in [0.15, 0.2) is 0 Å². The molecule has 0 fully saturated rings. The number of primary amides is 1. The minimum absolute atomic E-state index is 0.0475. The molecule has 0 spiro atoms. The monoisotopic (exact) mass is 662 g/mol. The molecule has 0 aliphatic rings. The molecule has 0 bridgehead atoms. The second kappa shape index (κ2) is 14.4. The van der Waals surface area contributed by atoms with E-state index in [0.29, 0.717) is 52.1 Å². The van der Waals surface area contributed by atoms with Gasteiger partial charge in [0.1, 0.15) is 5.75 Å². The van der Waals surface area contributed by atoms with Crippen molar-refractivity contribution in [1.82, 2.24) is 4.98 Å². The number of nitrogens with zero attached hydrogens (tertiary/aromatic N) is 1. The number of nitrogens with two attached hydrogens (primary N) is 1. The van der Waals surface area contributed by atoms with E-state index in [1.54, 1.807) is 43.3 Å². The number of methoxy groups -OCH3 is 1. The van der Waals surface area contributed by atoms with Gasteiger partial charge < -0.3 is 26.2 Å². The number of hydrogen-bond donors (Lipinski definition) is 4. The van der Waals surface area contributed by atoms with Gasteiger partial charge in [-0.25, -0.2) is 8.42 Å². The maximum Gasteiger partial charge on any atom is 0.255 e. The van der Waals surface area contributed by atoms with Gasteiger partial charge in [-0.3, -0.25) is 14.6 Å². The molecule has 10 nitrogen and oxygen atoms in total. The van der Waals surface area contributed by atoms with Crippen LogP contribution in [0.15, 0.2) is 94.9 Å². The summed E-state index contributed by atoms with van der Waals surface area (Å²) < 4.78 is 33.4. The van der Waals surface area contributed by atoms with Crippen molar-refractivity contribution < 1.29 is 27.9 Å². The third kappa shape index (κ3) is 7.31. The van der Waals surface area contributed by atoms with E-state index in [-0.39, 0.29) is 27.5 Å². The Morgan fingerprint density at radius 2 is 1.75 bits per heavy atom. The van der Waals surface area contributed by atoms with Crippen molar-refractivity contribution in [2.75, 3.05) is 24.4 Å². The number of aryl methyl sites for hydroxylation is 2. The first kappa shape index (κ1) is 33.7. The molecule has 48 heavy (non-hydrogen) atoms. The van der Waals surface area contributed by atoms with Crippen molar-refractivity contribution >= 4 is 49.6 Å². The number of fused-ring (bicyclic) bond motifs is 1. The van der Waals surface area contributed by atoms with Crippen LogP contribution in [0.2, 0.25) is 0 Å². The minimum Gasteiger partial charge on any atom is -0.497 e. The lowest BCUT2D eigenvalue weighted by atomic mass is 10.1. The smallest absolute Gasteiger partial charge is 0.255 e. The van der Waals surface area contributed by atoms with Crippen LogP contribution in [0.4, 0.5) is 17.1 Å². The third-order valence-electron chi connectivity index (χ3n) is 7.62. The fourth-order valence-corrected chi connectivity index (χ4v) is 6.53. The molecule has 4 aromatic carbocycles. The van der Waals surface area contributed by atoms with Gasteiger partial charge in [0, 0.05) is 53.2 Å². The van der Waals surface area contributed by atoms with Crippen molar-refractivity contribution in [2.24, 2.45) is 5.73 Å². The van der Waals surface area contributed by atoms with Crippen LogP contribution in [-0.2, 0) is 9.84 Å². The van der Waals surface area contributed by atoms with Crippen LogP contribution in [0.5, 0.6) is 5.75 Å². The number of unbranched alkanes of at least 4 members (excludes halogenated alkanes) is 1. The maximum absolute atomic E-state index is 14.0. The molecule has 0 unspecified atom stereocenters. The van der Waals surface area contributed by atoms with Gasteiger partial charge in [-0.1, -0.05) is 24.0 Å². The summed E-state index contributed by atoms with van der Waals surface area (Å²) in [6.07, 6.45) is 2.54. The third-order valence-corrected chi connectivity index (χ3v) is 9.35. The molecule has 244 valence electrons. The van der Waals surface area contributed by atoms with Crippen molar-refractivity contribution in [2.45, 2.75) is 36.5 Å². The van der Waals surface area contributed by atoms with E-state index in [4.69, 9.17) is 15.6 Å². The van der Waals surface area contributed by atoms with Crippen LogP contribution < -0.4 is 21.1 Å². The number of hydrogen-bond acceptors (Lipinski definition) is 8. The Labute approximate surface area is 278 Å². The number of amides is 2. The van der Waals surface area contributed by atoms with Gasteiger partial charge in [-0.2, -0.15) is 0 Å². The van der Waals surface area contributed by atoms with Gasteiger partial charge in [-0.15, -0.1) is 0 Å². The summed E-state index contributed by atoms with van der Waals surface area (Å²) in [6, 6.07) is 21.2. The molecule has 0 saturated heterocycles. The van der Waals surface area contributed by atoms with Crippen molar-refractivity contribution in [3.63, 3.8) is 0 Å². The van der Waals surface area contributed by atoms with Crippen LogP contribution in [0.3, 0.4) is 0 Å². The number of carbonyl (C=O) groups excluding carboxylic acids is 2. The number of ether oxygens (including phenoxy) is 1. The first-order chi connectivity index (χ1) is 23.0. The fraction of sp³-hybridized carbons (Fsp3) is 0.162. The molecular weight excluding hydrogens is 628 g/mol. The molecule has 5 N–H and O–H groups in total. The van der Waals surface area contributed by atoms with Crippen LogP contribution in [0, 0.1) is 25.7 Å². The molecule has 11 heteroatoms. The lowest BCUT2D eigenvalue weighted by Gasteiger charge is -2.16. The zero-order valence-electron chi connectivity index (χ0n) is 26.6. The molecule has 5 aromatic rings. The minimum atomic E-state index is -4.14. The summed E-state index contributed by atoms with van der Waals surface area (Å²) in [4.78, 5) is 30.0. The predicted molar refractivity (Wildman–Crippen MR) is 185 cm³/mol. The van der Waals surface area contributed by atoms with E-state index in [1.165, 1.54) is 49.7 Å². The summed E-state index contributed by atoms with van der Waals surface area (Å²) in [5, 5.41) is 15.4. The summed E-state index contributed by atoms with van der Waals surface area (Å²) in [6.45, 7) is 3.65. The Balaban J connectivity index is 1.49. The van der Waals surface area contributed by atoms with E-state index >= 15 is 0 Å². The van der Waals surface area contributed by atoms with Gasteiger partial charge in [0.05, 0.1) is 33.7 Å². The van der Waals surface area contributed by atoms with Gasteiger partial charge in [0.25, 0.3) is 11.8 Å². The Kier molecular flexibility index (Phi) is 10.1. The summed E-state index contributed by atoms with van der Waals surface area (Å²) in [5.74, 6) is 5.40. The maximum atomic E-state index is 14.0. The number of benzene rings is 4. The molecule has 1 heterocycles. The van der Waals surface area contributed by atoms with Crippen LogP contribution in [0.25, 0.3) is 10.9 Å². The van der Waals surface area contributed by atoms with Gasteiger partial charge >= 0.3 is 0 Å². The largest absolute Gasteiger partial charge is 0.497 e. The SMILES string of the molecule is COc1cccc(Nc2c(C(N)=O)cnc3c(C)cc(S(=O)(=O)c4cccc(C(=O)Nc5ccc(C#CCCCO)cc5C)c4)cc23)c1. The van der Waals surface area contributed by atoms with Crippen LogP contribution >= 0.6 is 0 Å². The normalized spacial score (nSPS) is 11.0. The van der Waals surface area contributed by atoms with E-state index in [2.05, 4.69) is 27.5 Å². The quantitative estimate of drug-likeness (QED) is 0.106. The number of pyridine rings is 1. The Morgan fingerprint density at radius 3 is 2.48 bits per heavy atom. The average Bonchev–Trinajstić information content (AvgIpc) is 3.08. The van der Waals surface area contributed by atoms with E-state index < -0.39 is 21.7 Å². The first-order valence-corrected chi connectivity index (χ1v) is 16.5. The molecule has 2 amide bonds. The number of carbonyl (C=O) groups is 2. The van der Waals surface area contributed by atoms with Crippen LogP contribution in [-0.4, -0.2) is 44.0 Å². The lowest BCUT2D eigenvalue weighted by Crippen LogP contribution is -2.15. The molecule has 0 aliphatic carbocycles. The number of sulfone groups is 1. The Hall–Kier alpha value is -5.70. The molecule has 0 atom stereocenters. The topological polar surface area (TPSA) is 161 Å². The highest BCUT2D eigenvalue weighted by atomic mass is 32.2. The molecule has 0 saturated carbocycles. The van der Waals surface area contributed by atoms with Crippen molar-refractivity contribution in [3.8, 4) is 17.6 Å². The molecule has 0 aliphatic heterocycles. The van der Waals surface area contributed by atoms with Gasteiger partial charge in [-0.05, 0) is 92.1 Å². The average molecular weight is 663 g/mol. The number of aliphatic hydroxyl groups excluding tert-OH is 1. The van der Waals surface area contributed by atoms with Gasteiger partial charge in [0.2, 0.25) is 9.84 Å². The highest BCUT2D eigenvalue weighted by Crippen LogP contribution is 2.35. The highest BCUT2D eigenvalue weighted by Gasteiger charge is 2.23. The lowest BCUT2D eigenvalue weighted by molar-refractivity contribution is 0.0998. The van der Waals surface area contributed by atoms with E-state index in [9.17, 15) is 18.0 Å². The first-order valence-electron chi connectivity index (χ1n) is 15.0. The van der Waals surface area contributed by atoms with Crippen LogP contribution in [0.1, 0.15) is 50.2 Å². The zero-order valence-corrected chi connectivity index (χ0v) is 27.4. The summed E-state index contributed by atoms with van der Waals surface area (Å²) in [7, 11) is -2.61. The number of rotatable bonds is 10. The van der Waals surface area contributed by atoms with E-state index in [1.807, 2.05) is 13.0 Å². The zero-order chi connectivity index (χ0) is 34.4. The summed E-state index contributed by atoms with van der Waals surface area (Å²) in [5.41, 5.74) is 9.99. The molecule has 5 rings (SSSR count). The second-order valence-corrected chi connectivity index (χ2v) is 13.0.